The molecule has 0 aromatic heterocycles. The van der Waals surface area contributed by atoms with Gasteiger partial charge in [0, 0.05) is 23.9 Å². The van der Waals surface area contributed by atoms with E-state index in [0.717, 1.165) is 22.7 Å². The maximum atomic E-state index is 12.4. The molecule has 0 radical (unpaired) electrons. The molecule has 25 heavy (non-hydrogen) atoms. The molecule has 0 saturated carbocycles. The van der Waals surface area contributed by atoms with Gasteiger partial charge < -0.3 is 10.1 Å². The van der Waals surface area contributed by atoms with Crippen molar-refractivity contribution >= 4 is 35.0 Å². The Kier molecular flexibility index (Phi) is 5.28. The van der Waals surface area contributed by atoms with E-state index >= 15 is 0 Å². The predicted octanol–water partition coefficient (Wildman–Crippen LogP) is 3.82. The van der Waals surface area contributed by atoms with Crippen LogP contribution in [0.5, 0.6) is 5.75 Å². The number of carbonyl (C=O) groups excluding carboxylic acids is 2. The van der Waals surface area contributed by atoms with Crippen LogP contribution in [0.1, 0.15) is 24.3 Å². The number of benzene rings is 2. The molecule has 1 aliphatic rings. The van der Waals surface area contributed by atoms with E-state index in [4.69, 9.17) is 4.74 Å². The van der Waals surface area contributed by atoms with Crippen LogP contribution in [0.3, 0.4) is 0 Å². The lowest BCUT2D eigenvalue weighted by molar-refractivity contribution is -0.116. The van der Waals surface area contributed by atoms with E-state index in [9.17, 15) is 9.59 Å². The maximum absolute atomic E-state index is 12.4. The number of amides is 2. The molecule has 130 valence electrons. The van der Waals surface area contributed by atoms with Crippen LogP contribution in [-0.4, -0.2) is 24.7 Å². The number of thioether (sulfide) groups is 1. The summed E-state index contributed by atoms with van der Waals surface area (Å²) in [4.78, 5) is 25.7. The third kappa shape index (κ3) is 3.79. The van der Waals surface area contributed by atoms with E-state index in [1.54, 1.807) is 23.8 Å². The van der Waals surface area contributed by atoms with E-state index in [1.165, 1.54) is 0 Å². The molecule has 6 heteroatoms. The van der Waals surface area contributed by atoms with E-state index < -0.39 is 0 Å². The van der Waals surface area contributed by atoms with Crippen LogP contribution in [0, 0.1) is 0 Å². The minimum absolute atomic E-state index is 0.0174. The molecule has 1 N–H and O–H groups in total. The first-order valence-electron chi connectivity index (χ1n) is 8.10. The molecule has 2 aromatic carbocycles. The van der Waals surface area contributed by atoms with Gasteiger partial charge in [-0.3, -0.25) is 14.5 Å². The van der Waals surface area contributed by atoms with Gasteiger partial charge in [0.05, 0.1) is 12.9 Å². The van der Waals surface area contributed by atoms with Crippen molar-refractivity contribution in [3.63, 3.8) is 0 Å². The number of anilines is 2. The largest absolute Gasteiger partial charge is 0.497 e. The summed E-state index contributed by atoms with van der Waals surface area (Å²) in [5, 5.41) is 2.75. The molecule has 0 unspecified atom stereocenters. The fourth-order valence-corrected chi connectivity index (χ4v) is 3.87. The molecule has 0 bridgehead atoms. The van der Waals surface area contributed by atoms with Gasteiger partial charge >= 0.3 is 0 Å². The topological polar surface area (TPSA) is 58.6 Å². The van der Waals surface area contributed by atoms with Crippen LogP contribution in [0.15, 0.2) is 48.5 Å². The van der Waals surface area contributed by atoms with Crippen molar-refractivity contribution in [2.24, 2.45) is 0 Å². The number of hydrogen-bond acceptors (Lipinski definition) is 4. The van der Waals surface area contributed by atoms with Gasteiger partial charge in [-0.25, -0.2) is 0 Å². The zero-order valence-corrected chi connectivity index (χ0v) is 15.0. The lowest BCUT2D eigenvalue weighted by atomic mass is 10.1. The van der Waals surface area contributed by atoms with Crippen LogP contribution < -0.4 is 15.0 Å². The molecular formula is C19H20N2O3S. The van der Waals surface area contributed by atoms with Gasteiger partial charge in [0.2, 0.25) is 11.8 Å². The number of hydrogen-bond donors (Lipinski definition) is 1. The van der Waals surface area contributed by atoms with Gasteiger partial charge in [-0.2, -0.15) is 0 Å². The molecule has 1 aliphatic heterocycles. The summed E-state index contributed by atoms with van der Waals surface area (Å²) in [6, 6.07) is 15.2. The van der Waals surface area contributed by atoms with Crippen molar-refractivity contribution in [1.82, 2.24) is 0 Å². The summed E-state index contributed by atoms with van der Waals surface area (Å²) >= 11 is 1.59. The zero-order chi connectivity index (χ0) is 17.8. The summed E-state index contributed by atoms with van der Waals surface area (Å²) in [5.74, 6) is 1.22. The number of nitrogens with zero attached hydrogens (tertiary/aromatic N) is 1. The highest BCUT2D eigenvalue weighted by molar-refractivity contribution is 8.00. The van der Waals surface area contributed by atoms with Crippen LogP contribution in [0.25, 0.3) is 0 Å². The molecule has 1 saturated heterocycles. The second kappa shape index (κ2) is 7.61. The third-order valence-corrected chi connectivity index (χ3v) is 5.21. The Balaban J connectivity index is 1.85. The molecule has 2 aromatic rings. The number of ether oxygens (including phenoxy) is 1. The highest BCUT2D eigenvalue weighted by Gasteiger charge is 2.34. The number of rotatable bonds is 5. The van der Waals surface area contributed by atoms with Gasteiger partial charge in [0.25, 0.3) is 0 Å². The standard InChI is InChI=1S/C19H20N2O3S/c1-3-17(22)20-14-9-7-13(8-10-14)19-21(18(23)12-25-19)15-5-4-6-16(11-15)24-2/h4-11,19H,3,12H2,1-2H3,(H,20,22)/t19-/m1/s1. The monoisotopic (exact) mass is 356 g/mol. The Morgan fingerprint density at radius 3 is 2.72 bits per heavy atom. The molecule has 0 spiro atoms. The van der Waals surface area contributed by atoms with Crippen LogP contribution in [0.2, 0.25) is 0 Å². The van der Waals surface area contributed by atoms with Crippen molar-refractivity contribution in [2.75, 3.05) is 23.1 Å². The lowest BCUT2D eigenvalue weighted by Gasteiger charge is -2.25. The normalized spacial score (nSPS) is 16.8. The highest BCUT2D eigenvalue weighted by atomic mass is 32.2. The second-order valence-corrected chi connectivity index (χ2v) is 6.72. The lowest BCUT2D eigenvalue weighted by Crippen LogP contribution is -2.27. The van der Waals surface area contributed by atoms with Gasteiger partial charge in [0.15, 0.2) is 0 Å². The molecular weight excluding hydrogens is 336 g/mol. The summed E-state index contributed by atoms with van der Waals surface area (Å²) in [6.07, 6.45) is 0.443. The summed E-state index contributed by atoms with van der Waals surface area (Å²) in [7, 11) is 1.61. The SMILES string of the molecule is CCC(=O)Nc1ccc([C@H]2SCC(=O)N2c2cccc(OC)c2)cc1. The number of methoxy groups -OCH3 is 1. The fourth-order valence-electron chi connectivity index (χ4n) is 2.69. The fraction of sp³-hybridized carbons (Fsp3) is 0.263. The highest BCUT2D eigenvalue weighted by Crippen LogP contribution is 2.42. The van der Waals surface area contributed by atoms with Crippen LogP contribution in [0.4, 0.5) is 11.4 Å². The quantitative estimate of drug-likeness (QED) is 0.885. The average Bonchev–Trinajstić information content (AvgIpc) is 3.03. The minimum Gasteiger partial charge on any atom is -0.497 e. The smallest absolute Gasteiger partial charge is 0.238 e. The molecule has 1 heterocycles. The van der Waals surface area contributed by atoms with E-state index in [1.807, 2.05) is 55.5 Å². The maximum Gasteiger partial charge on any atom is 0.238 e. The van der Waals surface area contributed by atoms with Crippen LogP contribution >= 0.6 is 11.8 Å². The van der Waals surface area contributed by atoms with E-state index in [-0.39, 0.29) is 17.2 Å². The van der Waals surface area contributed by atoms with Crippen molar-refractivity contribution in [2.45, 2.75) is 18.7 Å². The molecule has 1 fully saturated rings. The summed E-state index contributed by atoms with van der Waals surface area (Å²) < 4.78 is 5.27. The summed E-state index contributed by atoms with van der Waals surface area (Å²) in [6.45, 7) is 1.82. The molecule has 5 nitrogen and oxygen atoms in total. The first-order chi connectivity index (χ1) is 12.1. The van der Waals surface area contributed by atoms with Crippen LogP contribution in [-0.2, 0) is 9.59 Å². The number of carbonyl (C=O) groups is 2. The van der Waals surface area contributed by atoms with Gasteiger partial charge in [-0.15, -0.1) is 11.8 Å². The van der Waals surface area contributed by atoms with Crippen molar-refractivity contribution in [3.05, 3.63) is 54.1 Å². The van der Waals surface area contributed by atoms with E-state index in [0.29, 0.717) is 12.2 Å². The molecule has 1 atom stereocenters. The van der Waals surface area contributed by atoms with E-state index in [2.05, 4.69) is 5.32 Å². The van der Waals surface area contributed by atoms with Gasteiger partial charge in [-0.05, 0) is 29.8 Å². The van der Waals surface area contributed by atoms with Crippen molar-refractivity contribution in [1.29, 1.82) is 0 Å². The Bertz CT molecular complexity index is 776. The van der Waals surface area contributed by atoms with Crippen molar-refractivity contribution < 1.29 is 14.3 Å². The summed E-state index contributed by atoms with van der Waals surface area (Å²) in [5.41, 5.74) is 2.61. The molecule has 2 amide bonds. The Labute approximate surface area is 151 Å². The Morgan fingerprint density at radius 1 is 1.28 bits per heavy atom. The van der Waals surface area contributed by atoms with Gasteiger partial charge in [0.1, 0.15) is 11.1 Å². The van der Waals surface area contributed by atoms with Crippen molar-refractivity contribution in [3.8, 4) is 5.75 Å². The first kappa shape index (κ1) is 17.4. The first-order valence-corrected chi connectivity index (χ1v) is 9.14. The molecule has 0 aliphatic carbocycles. The van der Waals surface area contributed by atoms with Gasteiger partial charge in [-0.1, -0.05) is 25.1 Å². The average molecular weight is 356 g/mol. The number of nitrogens with one attached hydrogen (secondary N) is 1. The minimum atomic E-state index is -0.0875. The predicted molar refractivity (Wildman–Crippen MR) is 101 cm³/mol. The Morgan fingerprint density at radius 2 is 2.04 bits per heavy atom. The molecule has 3 rings (SSSR count). The zero-order valence-electron chi connectivity index (χ0n) is 14.2. The third-order valence-electron chi connectivity index (χ3n) is 4.00. The second-order valence-electron chi connectivity index (χ2n) is 5.65. The Hall–Kier alpha value is -2.47.